The number of fused-ring (bicyclic) bond motifs is 1. The SMILES string of the molecule is CC1NN=C2C=C(B(O)O)C=CN21. The molecule has 3 N–H and O–H groups in total. The average molecular weight is 179 g/mol. The molecule has 0 aromatic heterocycles. The molecule has 0 amide bonds. The van der Waals surface area contributed by atoms with E-state index < -0.39 is 7.12 Å². The molecule has 2 heterocycles. The Morgan fingerprint density at radius 2 is 2.38 bits per heavy atom. The van der Waals surface area contributed by atoms with Crippen LogP contribution in [-0.4, -0.2) is 34.1 Å². The molecule has 2 rings (SSSR count). The van der Waals surface area contributed by atoms with Crippen molar-refractivity contribution in [1.29, 1.82) is 0 Å². The third kappa shape index (κ3) is 1.34. The Hall–Kier alpha value is -1.27. The molecule has 0 aliphatic carbocycles. The van der Waals surface area contributed by atoms with Gasteiger partial charge in [0.15, 0.2) is 5.84 Å². The monoisotopic (exact) mass is 179 g/mol. The van der Waals surface area contributed by atoms with Crippen LogP contribution in [0.4, 0.5) is 0 Å². The highest BCUT2D eigenvalue weighted by atomic mass is 16.4. The van der Waals surface area contributed by atoms with Crippen LogP contribution in [0.1, 0.15) is 6.92 Å². The maximum absolute atomic E-state index is 8.91. The number of hydrogen-bond acceptors (Lipinski definition) is 5. The fraction of sp³-hybridized carbons (Fsp3) is 0.286. The number of amidine groups is 1. The van der Waals surface area contributed by atoms with Crippen LogP contribution in [0.25, 0.3) is 0 Å². The molecule has 5 nitrogen and oxygen atoms in total. The van der Waals surface area contributed by atoms with Gasteiger partial charge >= 0.3 is 7.12 Å². The van der Waals surface area contributed by atoms with Crippen LogP contribution in [0.5, 0.6) is 0 Å². The largest absolute Gasteiger partial charge is 0.488 e. The van der Waals surface area contributed by atoms with Crippen LogP contribution in [0.15, 0.2) is 28.9 Å². The molecule has 2 aliphatic heterocycles. The summed E-state index contributed by atoms with van der Waals surface area (Å²) in [6.07, 6.45) is 5.20. The molecule has 6 heteroatoms. The average Bonchev–Trinajstić information content (AvgIpc) is 2.47. The molecule has 2 aliphatic rings. The Balaban J connectivity index is 2.25. The van der Waals surface area contributed by atoms with E-state index in [9.17, 15) is 0 Å². The zero-order valence-electron chi connectivity index (χ0n) is 7.18. The van der Waals surface area contributed by atoms with Crippen molar-refractivity contribution in [2.24, 2.45) is 5.10 Å². The van der Waals surface area contributed by atoms with Crippen LogP contribution in [0.2, 0.25) is 0 Å². The van der Waals surface area contributed by atoms with Crippen LogP contribution in [0.3, 0.4) is 0 Å². The fourth-order valence-electron chi connectivity index (χ4n) is 1.31. The number of nitrogens with zero attached hydrogens (tertiary/aromatic N) is 2. The molecule has 13 heavy (non-hydrogen) atoms. The first-order valence-corrected chi connectivity index (χ1v) is 4.06. The molecule has 0 aromatic carbocycles. The lowest BCUT2D eigenvalue weighted by atomic mass is 9.78. The van der Waals surface area contributed by atoms with E-state index in [1.807, 2.05) is 11.8 Å². The standard InChI is InChI=1S/C7H10BN3O2/c1-5-9-10-7-4-6(8(12)13)2-3-11(5)7/h2-5,9,12-13H,1H3. The first-order valence-electron chi connectivity index (χ1n) is 4.06. The van der Waals surface area contributed by atoms with E-state index in [4.69, 9.17) is 10.0 Å². The number of rotatable bonds is 1. The maximum Gasteiger partial charge on any atom is 0.488 e. The summed E-state index contributed by atoms with van der Waals surface area (Å²) < 4.78 is 0. The smallest absolute Gasteiger partial charge is 0.423 e. The van der Waals surface area contributed by atoms with Gasteiger partial charge in [0, 0.05) is 6.20 Å². The van der Waals surface area contributed by atoms with Gasteiger partial charge in [0.25, 0.3) is 0 Å². The first kappa shape index (κ1) is 8.34. The predicted molar refractivity (Wildman–Crippen MR) is 49.3 cm³/mol. The van der Waals surface area contributed by atoms with Crippen LogP contribution >= 0.6 is 0 Å². The zero-order valence-corrected chi connectivity index (χ0v) is 7.18. The number of allylic oxidation sites excluding steroid dienone is 2. The number of nitrogens with one attached hydrogen (secondary N) is 1. The Morgan fingerprint density at radius 1 is 1.62 bits per heavy atom. The van der Waals surface area contributed by atoms with Gasteiger partial charge in [-0.3, -0.25) is 5.43 Å². The van der Waals surface area contributed by atoms with Crippen molar-refractivity contribution in [2.75, 3.05) is 0 Å². The van der Waals surface area contributed by atoms with Gasteiger partial charge in [0.1, 0.15) is 6.17 Å². The van der Waals surface area contributed by atoms with E-state index >= 15 is 0 Å². The number of hydrazone groups is 1. The fourth-order valence-corrected chi connectivity index (χ4v) is 1.31. The molecule has 0 bridgehead atoms. The quantitative estimate of drug-likeness (QED) is 0.452. The maximum atomic E-state index is 8.91. The minimum Gasteiger partial charge on any atom is -0.423 e. The van der Waals surface area contributed by atoms with Crippen LogP contribution in [0, 0.1) is 0 Å². The Labute approximate surface area is 76.2 Å². The topological polar surface area (TPSA) is 68.1 Å². The van der Waals surface area contributed by atoms with E-state index in [1.165, 1.54) is 0 Å². The van der Waals surface area contributed by atoms with Gasteiger partial charge in [0.05, 0.1) is 0 Å². The van der Waals surface area contributed by atoms with Crippen molar-refractivity contribution in [2.45, 2.75) is 13.1 Å². The lowest BCUT2D eigenvalue weighted by Crippen LogP contribution is -2.35. The molecular formula is C7H10BN3O2. The Morgan fingerprint density at radius 3 is 3.08 bits per heavy atom. The summed E-state index contributed by atoms with van der Waals surface area (Å²) in [5.74, 6) is 0.707. The van der Waals surface area contributed by atoms with E-state index in [0.717, 1.165) is 0 Å². The van der Waals surface area contributed by atoms with Gasteiger partial charge in [-0.1, -0.05) is 0 Å². The lowest BCUT2D eigenvalue weighted by Gasteiger charge is -2.21. The van der Waals surface area contributed by atoms with Crippen molar-refractivity contribution in [3.63, 3.8) is 0 Å². The summed E-state index contributed by atoms with van der Waals surface area (Å²) >= 11 is 0. The third-order valence-electron chi connectivity index (χ3n) is 2.07. The molecule has 0 fully saturated rings. The van der Waals surface area contributed by atoms with Gasteiger partial charge in [-0.2, -0.15) is 5.10 Å². The van der Waals surface area contributed by atoms with E-state index in [-0.39, 0.29) is 6.17 Å². The van der Waals surface area contributed by atoms with Gasteiger partial charge < -0.3 is 14.9 Å². The minimum atomic E-state index is -1.43. The highest BCUT2D eigenvalue weighted by molar-refractivity contribution is 6.52. The predicted octanol–water partition coefficient (Wildman–Crippen LogP) is -0.983. The molecule has 1 unspecified atom stereocenters. The second kappa shape index (κ2) is 2.90. The zero-order chi connectivity index (χ0) is 9.42. The van der Waals surface area contributed by atoms with Crippen molar-refractivity contribution >= 4 is 13.0 Å². The highest BCUT2D eigenvalue weighted by Gasteiger charge is 2.25. The number of hydrogen-bond donors (Lipinski definition) is 3. The van der Waals surface area contributed by atoms with Crippen molar-refractivity contribution < 1.29 is 10.0 Å². The molecule has 0 spiro atoms. The highest BCUT2D eigenvalue weighted by Crippen LogP contribution is 2.15. The van der Waals surface area contributed by atoms with Crippen LogP contribution in [-0.2, 0) is 0 Å². The van der Waals surface area contributed by atoms with Gasteiger partial charge in [-0.05, 0) is 24.5 Å². The summed E-state index contributed by atoms with van der Waals surface area (Å²) in [7, 11) is -1.43. The normalized spacial score (nSPS) is 24.8. The summed E-state index contributed by atoms with van der Waals surface area (Å²) in [6, 6.07) is 0. The molecule has 0 saturated carbocycles. The molecule has 0 radical (unpaired) electrons. The molecular weight excluding hydrogens is 169 g/mol. The summed E-state index contributed by atoms with van der Waals surface area (Å²) in [6.45, 7) is 1.97. The van der Waals surface area contributed by atoms with Gasteiger partial charge in [0.2, 0.25) is 0 Å². The summed E-state index contributed by atoms with van der Waals surface area (Å²) in [4.78, 5) is 1.91. The molecule has 0 saturated heterocycles. The first-order chi connectivity index (χ1) is 6.18. The second-order valence-electron chi connectivity index (χ2n) is 3.02. The Bertz CT molecular complexity index is 311. The van der Waals surface area contributed by atoms with Gasteiger partial charge in [-0.15, -0.1) is 0 Å². The van der Waals surface area contributed by atoms with Crippen molar-refractivity contribution in [1.82, 2.24) is 10.3 Å². The third-order valence-corrected chi connectivity index (χ3v) is 2.07. The van der Waals surface area contributed by atoms with Gasteiger partial charge in [-0.25, -0.2) is 0 Å². The van der Waals surface area contributed by atoms with E-state index in [2.05, 4.69) is 10.5 Å². The molecule has 0 aromatic rings. The van der Waals surface area contributed by atoms with E-state index in [0.29, 0.717) is 11.3 Å². The summed E-state index contributed by atoms with van der Waals surface area (Å²) in [5.41, 5.74) is 3.33. The van der Waals surface area contributed by atoms with E-state index in [1.54, 1.807) is 18.4 Å². The molecule has 1 atom stereocenters. The molecule has 68 valence electrons. The van der Waals surface area contributed by atoms with Crippen molar-refractivity contribution in [3.05, 3.63) is 23.8 Å². The van der Waals surface area contributed by atoms with Crippen molar-refractivity contribution in [3.8, 4) is 0 Å². The summed E-state index contributed by atoms with van der Waals surface area (Å²) in [5, 5.41) is 21.8. The lowest BCUT2D eigenvalue weighted by molar-refractivity contribution is 0.404. The Kier molecular flexibility index (Phi) is 1.86. The second-order valence-corrected chi connectivity index (χ2v) is 3.02. The van der Waals surface area contributed by atoms with Crippen LogP contribution < -0.4 is 5.43 Å². The minimum absolute atomic E-state index is 0.125.